The lowest BCUT2D eigenvalue weighted by Gasteiger charge is -2.20. The van der Waals surface area contributed by atoms with Gasteiger partial charge in [0.1, 0.15) is 5.75 Å². The number of ether oxygens (including phenoxy) is 1. The molecule has 0 aliphatic heterocycles. The van der Waals surface area contributed by atoms with Gasteiger partial charge in [0, 0.05) is 17.8 Å². The molecule has 1 N–H and O–H groups in total. The van der Waals surface area contributed by atoms with Crippen LogP contribution in [-0.4, -0.2) is 23.7 Å². The Labute approximate surface area is 122 Å². The van der Waals surface area contributed by atoms with Crippen LogP contribution < -0.4 is 10.1 Å². The predicted octanol–water partition coefficient (Wildman–Crippen LogP) is 4.27. The van der Waals surface area contributed by atoms with E-state index in [0.29, 0.717) is 12.1 Å². The molecule has 0 saturated carbocycles. The molecular formula is C16H27NOS. The summed E-state index contributed by atoms with van der Waals surface area (Å²) in [5.41, 5.74) is 1.31. The molecule has 2 nitrogen and oxygen atoms in total. The fourth-order valence-corrected chi connectivity index (χ4v) is 2.66. The highest BCUT2D eigenvalue weighted by Gasteiger charge is 2.09. The summed E-state index contributed by atoms with van der Waals surface area (Å²) in [6.07, 6.45) is 0.229. The van der Waals surface area contributed by atoms with Crippen LogP contribution in [0.1, 0.15) is 46.2 Å². The van der Waals surface area contributed by atoms with Crippen LogP contribution in [0.25, 0.3) is 0 Å². The molecule has 2 atom stereocenters. The van der Waals surface area contributed by atoms with Gasteiger partial charge in [-0.3, -0.25) is 0 Å². The van der Waals surface area contributed by atoms with Crippen molar-refractivity contribution in [1.29, 1.82) is 0 Å². The van der Waals surface area contributed by atoms with Gasteiger partial charge in [0.25, 0.3) is 0 Å². The van der Waals surface area contributed by atoms with Gasteiger partial charge in [-0.2, -0.15) is 11.8 Å². The van der Waals surface area contributed by atoms with E-state index >= 15 is 0 Å². The molecule has 0 bridgehead atoms. The molecule has 1 rings (SSSR count). The van der Waals surface area contributed by atoms with Gasteiger partial charge in [0.15, 0.2) is 0 Å². The molecule has 108 valence electrons. The summed E-state index contributed by atoms with van der Waals surface area (Å²) >= 11 is 1.98. The van der Waals surface area contributed by atoms with Crippen LogP contribution in [0.3, 0.4) is 0 Å². The summed E-state index contributed by atoms with van der Waals surface area (Å²) < 4.78 is 5.66. The zero-order valence-corrected chi connectivity index (χ0v) is 13.6. The third kappa shape index (κ3) is 6.35. The number of thioether (sulfide) groups is 1. The van der Waals surface area contributed by atoms with Crippen molar-refractivity contribution < 1.29 is 4.74 Å². The Hall–Kier alpha value is -0.670. The minimum absolute atomic E-state index is 0.229. The molecule has 1 aromatic carbocycles. The minimum atomic E-state index is 0.229. The zero-order chi connectivity index (χ0) is 14.3. The molecule has 0 radical (unpaired) electrons. The van der Waals surface area contributed by atoms with Gasteiger partial charge >= 0.3 is 0 Å². The summed E-state index contributed by atoms with van der Waals surface area (Å²) in [5.74, 6) is 3.29. The Morgan fingerprint density at radius 1 is 1.11 bits per heavy atom. The SMILES string of the molecule is CCSCC(C)NC(C)c1ccc(OC(C)C)cc1. The van der Waals surface area contributed by atoms with Crippen molar-refractivity contribution in [3.8, 4) is 5.75 Å². The standard InChI is InChI=1S/C16H27NOS/c1-6-19-11-13(4)17-14(5)15-7-9-16(10-8-15)18-12(2)3/h7-10,12-14,17H,6,11H2,1-5H3. The van der Waals surface area contributed by atoms with Gasteiger partial charge in [-0.05, 0) is 51.1 Å². The molecule has 0 heterocycles. The van der Waals surface area contributed by atoms with E-state index < -0.39 is 0 Å². The fraction of sp³-hybridized carbons (Fsp3) is 0.625. The average Bonchev–Trinajstić information content (AvgIpc) is 2.36. The molecule has 19 heavy (non-hydrogen) atoms. The number of nitrogens with one attached hydrogen (secondary N) is 1. The van der Waals surface area contributed by atoms with Gasteiger partial charge in [-0.25, -0.2) is 0 Å². The summed E-state index contributed by atoms with van der Waals surface area (Å²) in [4.78, 5) is 0. The highest BCUT2D eigenvalue weighted by Crippen LogP contribution is 2.19. The zero-order valence-electron chi connectivity index (χ0n) is 12.8. The van der Waals surface area contributed by atoms with Crippen LogP contribution in [0.5, 0.6) is 5.75 Å². The fourth-order valence-electron chi connectivity index (χ4n) is 1.97. The van der Waals surface area contributed by atoms with Gasteiger partial charge in [-0.1, -0.05) is 19.1 Å². The molecule has 0 spiro atoms. The van der Waals surface area contributed by atoms with Crippen LogP contribution in [0.15, 0.2) is 24.3 Å². The third-order valence-electron chi connectivity index (χ3n) is 2.86. The van der Waals surface area contributed by atoms with Crippen LogP contribution in [-0.2, 0) is 0 Å². The Morgan fingerprint density at radius 3 is 2.26 bits per heavy atom. The number of benzene rings is 1. The van der Waals surface area contributed by atoms with Crippen LogP contribution >= 0.6 is 11.8 Å². The van der Waals surface area contributed by atoms with E-state index in [4.69, 9.17) is 4.74 Å². The second-order valence-corrected chi connectivity index (χ2v) is 6.50. The normalized spacial score (nSPS) is 14.4. The number of hydrogen-bond donors (Lipinski definition) is 1. The Kier molecular flexibility index (Phi) is 7.32. The van der Waals surface area contributed by atoms with E-state index in [1.807, 2.05) is 25.6 Å². The lowest BCUT2D eigenvalue weighted by molar-refractivity contribution is 0.242. The van der Waals surface area contributed by atoms with Crippen molar-refractivity contribution in [3.05, 3.63) is 29.8 Å². The third-order valence-corrected chi connectivity index (χ3v) is 4.00. The maximum absolute atomic E-state index is 5.66. The molecule has 0 amide bonds. The topological polar surface area (TPSA) is 21.3 Å². The monoisotopic (exact) mass is 281 g/mol. The van der Waals surface area contributed by atoms with Gasteiger partial charge in [0.2, 0.25) is 0 Å². The maximum atomic E-state index is 5.66. The first-order valence-corrected chi connectivity index (χ1v) is 8.28. The van der Waals surface area contributed by atoms with E-state index in [0.717, 1.165) is 11.5 Å². The summed E-state index contributed by atoms with van der Waals surface area (Å²) in [6.45, 7) is 10.8. The van der Waals surface area contributed by atoms with Crippen LogP contribution in [0.4, 0.5) is 0 Å². The quantitative estimate of drug-likeness (QED) is 0.769. The first kappa shape index (κ1) is 16.4. The van der Waals surface area contributed by atoms with Gasteiger partial charge < -0.3 is 10.1 Å². The molecule has 0 fully saturated rings. The lowest BCUT2D eigenvalue weighted by atomic mass is 10.1. The summed E-state index contributed by atoms with van der Waals surface area (Å²) in [6, 6.07) is 9.31. The predicted molar refractivity (Wildman–Crippen MR) is 86.2 cm³/mol. The second-order valence-electron chi connectivity index (χ2n) is 5.18. The molecule has 1 aromatic rings. The van der Waals surface area contributed by atoms with E-state index in [1.54, 1.807) is 0 Å². The van der Waals surface area contributed by atoms with Gasteiger partial charge in [-0.15, -0.1) is 0 Å². The Bertz CT molecular complexity index is 350. The van der Waals surface area contributed by atoms with Crippen molar-refractivity contribution >= 4 is 11.8 Å². The van der Waals surface area contributed by atoms with E-state index in [2.05, 4.69) is 50.4 Å². The van der Waals surface area contributed by atoms with E-state index in [-0.39, 0.29) is 6.10 Å². The van der Waals surface area contributed by atoms with Crippen molar-refractivity contribution in [1.82, 2.24) is 5.32 Å². The number of rotatable bonds is 8. The molecule has 0 aliphatic carbocycles. The highest BCUT2D eigenvalue weighted by atomic mass is 32.2. The maximum Gasteiger partial charge on any atom is 0.119 e. The lowest BCUT2D eigenvalue weighted by Crippen LogP contribution is -2.30. The van der Waals surface area contributed by atoms with Crippen molar-refractivity contribution in [2.24, 2.45) is 0 Å². The Morgan fingerprint density at radius 2 is 1.74 bits per heavy atom. The summed E-state index contributed by atoms with van der Waals surface area (Å²) in [5, 5.41) is 3.63. The Balaban J connectivity index is 2.50. The first-order valence-electron chi connectivity index (χ1n) is 7.13. The van der Waals surface area contributed by atoms with Crippen molar-refractivity contribution in [3.63, 3.8) is 0 Å². The molecule has 0 saturated heterocycles. The smallest absolute Gasteiger partial charge is 0.119 e. The largest absolute Gasteiger partial charge is 0.491 e. The van der Waals surface area contributed by atoms with E-state index in [1.165, 1.54) is 11.3 Å². The average molecular weight is 281 g/mol. The number of hydrogen-bond acceptors (Lipinski definition) is 3. The second kappa shape index (κ2) is 8.49. The summed E-state index contributed by atoms with van der Waals surface area (Å²) in [7, 11) is 0. The molecular weight excluding hydrogens is 254 g/mol. The molecule has 3 heteroatoms. The van der Waals surface area contributed by atoms with Crippen LogP contribution in [0.2, 0.25) is 0 Å². The van der Waals surface area contributed by atoms with E-state index in [9.17, 15) is 0 Å². The van der Waals surface area contributed by atoms with Crippen molar-refractivity contribution in [2.45, 2.75) is 52.8 Å². The molecule has 0 aromatic heterocycles. The molecule has 0 aliphatic rings. The minimum Gasteiger partial charge on any atom is -0.491 e. The molecule has 2 unspecified atom stereocenters. The highest BCUT2D eigenvalue weighted by molar-refractivity contribution is 7.99. The first-order chi connectivity index (χ1) is 9.02. The van der Waals surface area contributed by atoms with Gasteiger partial charge in [0.05, 0.1) is 6.10 Å². The van der Waals surface area contributed by atoms with Crippen LogP contribution in [0, 0.1) is 0 Å². The van der Waals surface area contributed by atoms with Crippen molar-refractivity contribution in [2.75, 3.05) is 11.5 Å².